The summed E-state index contributed by atoms with van der Waals surface area (Å²) < 4.78 is 8.97. The molecule has 0 bridgehead atoms. The molecule has 1 aromatic heterocycles. The van der Waals surface area contributed by atoms with Gasteiger partial charge in [0.1, 0.15) is 12.4 Å². The summed E-state index contributed by atoms with van der Waals surface area (Å²) in [4.78, 5) is 0. The molecule has 5 heteroatoms. The van der Waals surface area contributed by atoms with E-state index in [0.717, 1.165) is 40.1 Å². The lowest BCUT2D eigenvalue weighted by atomic mass is 10.1. The molecule has 2 N–H and O–H groups in total. The Bertz CT molecular complexity index is 608. The number of aromatic nitrogens is 2. The van der Waals surface area contributed by atoms with Crippen molar-refractivity contribution in [3.05, 3.63) is 45.7 Å². The van der Waals surface area contributed by atoms with Gasteiger partial charge in [-0.1, -0.05) is 28.9 Å². The Hall–Kier alpha value is -1.33. The van der Waals surface area contributed by atoms with Crippen LogP contribution in [0.5, 0.6) is 5.75 Å². The van der Waals surface area contributed by atoms with E-state index in [-0.39, 0.29) is 6.04 Å². The first-order valence-corrected chi connectivity index (χ1v) is 8.07. The van der Waals surface area contributed by atoms with Crippen molar-refractivity contribution in [1.29, 1.82) is 0 Å². The van der Waals surface area contributed by atoms with Gasteiger partial charge in [-0.2, -0.15) is 5.10 Å². The van der Waals surface area contributed by atoms with E-state index in [1.165, 1.54) is 0 Å². The fourth-order valence-corrected chi connectivity index (χ4v) is 2.58. The summed E-state index contributed by atoms with van der Waals surface area (Å²) in [5.74, 6) is 0.821. The lowest BCUT2D eigenvalue weighted by Gasteiger charge is -2.14. The Morgan fingerprint density at radius 3 is 2.71 bits per heavy atom. The molecule has 0 radical (unpaired) electrons. The van der Waals surface area contributed by atoms with Crippen LogP contribution in [0.4, 0.5) is 0 Å². The first-order chi connectivity index (χ1) is 10.0. The van der Waals surface area contributed by atoms with Crippen LogP contribution in [0.15, 0.2) is 28.7 Å². The molecule has 2 rings (SSSR count). The Kier molecular flexibility index (Phi) is 5.42. The van der Waals surface area contributed by atoms with E-state index in [1.54, 1.807) is 0 Å². The van der Waals surface area contributed by atoms with Gasteiger partial charge in [0, 0.05) is 22.6 Å². The molecule has 0 aliphatic carbocycles. The number of hydrogen-bond acceptors (Lipinski definition) is 3. The molecule has 0 amide bonds. The second-order valence-corrected chi connectivity index (χ2v) is 5.97. The monoisotopic (exact) mass is 351 g/mol. The minimum Gasteiger partial charge on any atom is -0.487 e. The van der Waals surface area contributed by atoms with Gasteiger partial charge in [-0.3, -0.25) is 4.68 Å². The first kappa shape index (κ1) is 16.0. The van der Waals surface area contributed by atoms with Crippen LogP contribution in [0.25, 0.3) is 0 Å². The van der Waals surface area contributed by atoms with Gasteiger partial charge in [-0.05, 0) is 38.5 Å². The molecule has 2 aromatic rings. The highest BCUT2D eigenvalue weighted by molar-refractivity contribution is 9.10. The number of halogens is 1. The quantitative estimate of drug-likeness (QED) is 0.860. The number of benzene rings is 1. The number of nitrogens with two attached hydrogens (primary N) is 1. The first-order valence-electron chi connectivity index (χ1n) is 7.28. The van der Waals surface area contributed by atoms with E-state index in [9.17, 15) is 0 Å². The standard InChI is InChI=1S/C16H22BrN3O/c1-4-13-9-14(20(5-2)19-13)10-21-16-8-12(17)6-7-15(16)11(3)18/h6-9,11H,4-5,10,18H2,1-3H3/t11-/m1/s1. The van der Waals surface area contributed by atoms with Crippen LogP contribution < -0.4 is 10.5 Å². The van der Waals surface area contributed by atoms with Gasteiger partial charge in [0.05, 0.1) is 11.4 Å². The zero-order chi connectivity index (χ0) is 15.4. The molecule has 0 aliphatic rings. The minimum absolute atomic E-state index is 0.0598. The fraction of sp³-hybridized carbons (Fsp3) is 0.438. The Morgan fingerprint density at radius 2 is 2.10 bits per heavy atom. The van der Waals surface area contributed by atoms with Gasteiger partial charge < -0.3 is 10.5 Å². The van der Waals surface area contributed by atoms with Crippen LogP contribution in [-0.2, 0) is 19.6 Å². The van der Waals surface area contributed by atoms with E-state index in [4.69, 9.17) is 10.5 Å². The third-order valence-electron chi connectivity index (χ3n) is 3.42. The lowest BCUT2D eigenvalue weighted by molar-refractivity contribution is 0.288. The molecular weight excluding hydrogens is 330 g/mol. The average Bonchev–Trinajstić information content (AvgIpc) is 2.87. The zero-order valence-corrected chi connectivity index (χ0v) is 14.4. The van der Waals surface area contributed by atoms with Gasteiger partial charge >= 0.3 is 0 Å². The largest absolute Gasteiger partial charge is 0.487 e. The Morgan fingerprint density at radius 1 is 1.33 bits per heavy atom. The SMILES string of the molecule is CCc1cc(COc2cc(Br)ccc2[C@@H](C)N)n(CC)n1. The summed E-state index contributed by atoms with van der Waals surface area (Å²) in [5, 5.41) is 4.54. The van der Waals surface area contributed by atoms with Crippen molar-refractivity contribution in [2.75, 3.05) is 0 Å². The third-order valence-corrected chi connectivity index (χ3v) is 3.91. The summed E-state index contributed by atoms with van der Waals surface area (Å²) in [6.45, 7) is 7.49. The molecule has 0 fully saturated rings. The fourth-order valence-electron chi connectivity index (χ4n) is 2.24. The molecule has 114 valence electrons. The highest BCUT2D eigenvalue weighted by Gasteiger charge is 2.11. The van der Waals surface area contributed by atoms with Crippen LogP contribution in [0.2, 0.25) is 0 Å². The normalized spacial score (nSPS) is 12.4. The van der Waals surface area contributed by atoms with Gasteiger partial charge in [-0.15, -0.1) is 0 Å². The zero-order valence-electron chi connectivity index (χ0n) is 12.8. The highest BCUT2D eigenvalue weighted by Crippen LogP contribution is 2.28. The summed E-state index contributed by atoms with van der Waals surface area (Å²) in [6, 6.07) is 7.99. The summed E-state index contributed by atoms with van der Waals surface area (Å²) in [7, 11) is 0. The van der Waals surface area contributed by atoms with Crippen LogP contribution in [0, 0.1) is 0 Å². The van der Waals surface area contributed by atoms with E-state index < -0.39 is 0 Å². The van der Waals surface area contributed by atoms with Crippen molar-refractivity contribution in [2.45, 2.75) is 46.4 Å². The topological polar surface area (TPSA) is 53.1 Å². The lowest BCUT2D eigenvalue weighted by Crippen LogP contribution is -2.10. The number of hydrogen-bond donors (Lipinski definition) is 1. The van der Waals surface area contributed by atoms with Gasteiger partial charge in [0.25, 0.3) is 0 Å². The van der Waals surface area contributed by atoms with Crippen molar-refractivity contribution in [3.8, 4) is 5.75 Å². The summed E-state index contributed by atoms with van der Waals surface area (Å²) in [5.41, 5.74) is 9.20. The van der Waals surface area contributed by atoms with Crippen LogP contribution in [0.1, 0.15) is 43.8 Å². The molecule has 1 heterocycles. The molecule has 1 aromatic carbocycles. The summed E-state index contributed by atoms with van der Waals surface area (Å²) >= 11 is 3.48. The smallest absolute Gasteiger partial charge is 0.130 e. The minimum atomic E-state index is -0.0598. The van der Waals surface area contributed by atoms with Crippen LogP contribution in [-0.4, -0.2) is 9.78 Å². The number of nitrogens with zero attached hydrogens (tertiary/aromatic N) is 2. The molecule has 0 saturated heterocycles. The molecule has 1 atom stereocenters. The molecule has 0 aliphatic heterocycles. The maximum absolute atomic E-state index is 6.00. The average molecular weight is 352 g/mol. The van der Waals surface area contributed by atoms with Crippen molar-refractivity contribution in [1.82, 2.24) is 9.78 Å². The van der Waals surface area contributed by atoms with E-state index >= 15 is 0 Å². The van der Waals surface area contributed by atoms with Crippen LogP contribution in [0.3, 0.4) is 0 Å². The Labute approximate surface area is 134 Å². The molecule has 0 unspecified atom stereocenters. The van der Waals surface area contributed by atoms with Gasteiger partial charge in [0.15, 0.2) is 0 Å². The van der Waals surface area contributed by atoms with Crippen LogP contribution >= 0.6 is 15.9 Å². The van der Waals surface area contributed by atoms with Crippen molar-refractivity contribution in [2.24, 2.45) is 5.73 Å². The third kappa shape index (κ3) is 3.86. The number of rotatable bonds is 6. The van der Waals surface area contributed by atoms with Gasteiger partial charge in [-0.25, -0.2) is 0 Å². The predicted octanol–water partition coefficient (Wildman–Crippen LogP) is 3.83. The maximum atomic E-state index is 6.00. The van der Waals surface area contributed by atoms with E-state index in [2.05, 4.69) is 40.9 Å². The van der Waals surface area contributed by atoms with E-state index in [1.807, 2.05) is 29.8 Å². The summed E-state index contributed by atoms with van der Waals surface area (Å²) in [6.07, 6.45) is 0.933. The predicted molar refractivity (Wildman–Crippen MR) is 88.4 cm³/mol. The maximum Gasteiger partial charge on any atom is 0.130 e. The Balaban J connectivity index is 2.19. The second kappa shape index (κ2) is 7.09. The van der Waals surface area contributed by atoms with Crippen molar-refractivity contribution < 1.29 is 4.74 Å². The molecular formula is C16H22BrN3O. The highest BCUT2D eigenvalue weighted by atomic mass is 79.9. The van der Waals surface area contributed by atoms with E-state index in [0.29, 0.717) is 6.61 Å². The van der Waals surface area contributed by atoms with Gasteiger partial charge in [0.2, 0.25) is 0 Å². The van der Waals surface area contributed by atoms with Crippen molar-refractivity contribution in [3.63, 3.8) is 0 Å². The molecule has 4 nitrogen and oxygen atoms in total. The molecule has 21 heavy (non-hydrogen) atoms. The number of aryl methyl sites for hydroxylation is 2. The second-order valence-electron chi connectivity index (χ2n) is 5.06. The number of ether oxygens (including phenoxy) is 1. The molecule has 0 saturated carbocycles. The van der Waals surface area contributed by atoms with Crippen molar-refractivity contribution >= 4 is 15.9 Å². The molecule has 0 spiro atoms.